The van der Waals surface area contributed by atoms with Gasteiger partial charge in [-0.15, -0.1) is 11.3 Å². The van der Waals surface area contributed by atoms with Gasteiger partial charge in [0.2, 0.25) is 15.9 Å². The Labute approximate surface area is 204 Å². The van der Waals surface area contributed by atoms with E-state index < -0.39 is 16.1 Å². The van der Waals surface area contributed by atoms with Crippen molar-refractivity contribution in [1.82, 2.24) is 9.29 Å². The number of carbonyl (C=O) groups is 1. The minimum Gasteiger partial charge on any atom is -0.497 e. The molecule has 9 heteroatoms. The van der Waals surface area contributed by atoms with E-state index in [-0.39, 0.29) is 10.8 Å². The molecule has 0 radical (unpaired) electrons. The zero-order chi connectivity index (χ0) is 24.3. The number of aromatic nitrogens is 1. The Morgan fingerprint density at radius 2 is 1.82 bits per heavy atom. The van der Waals surface area contributed by atoms with Crippen molar-refractivity contribution < 1.29 is 17.9 Å². The molecular formula is C25H29N3O4S2. The number of carbonyl (C=O) groups excluding carboxylic acids is 1. The van der Waals surface area contributed by atoms with Gasteiger partial charge in [-0.3, -0.25) is 4.79 Å². The van der Waals surface area contributed by atoms with Crippen LogP contribution in [0, 0.1) is 0 Å². The van der Waals surface area contributed by atoms with Gasteiger partial charge < -0.3 is 10.1 Å². The van der Waals surface area contributed by atoms with E-state index in [4.69, 9.17) is 4.74 Å². The summed E-state index contributed by atoms with van der Waals surface area (Å²) in [4.78, 5) is 17.9. The molecule has 0 spiro atoms. The van der Waals surface area contributed by atoms with E-state index in [9.17, 15) is 13.2 Å². The number of methoxy groups -OCH3 is 1. The number of sulfonamides is 1. The zero-order valence-electron chi connectivity index (χ0n) is 19.5. The van der Waals surface area contributed by atoms with Crippen LogP contribution in [0.5, 0.6) is 5.75 Å². The molecule has 1 atom stereocenters. The van der Waals surface area contributed by atoms with E-state index >= 15 is 0 Å². The summed E-state index contributed by atoms with van der Waals surface area (Å²) >= 11 is 1.31. The average Bonchev–Trinajstić information content (AvgIpc) is 3.32. The molecule has 34 heavy (non-hydrogen) atoms. The van der Waals surface area contributed by atoms with Crippen LogP contribution in [0.25, 0.3) is 11.3 Å². The van der Waals surface area contributed by atoms with Gasteiger partial charge in [-0.2, -0.15) is 4.31 Å². The highest BCUT2D eigenvalue weighted by Crippen LogP contribution is 2.30. The van der Waals surface area contributed by atoms with E-state index in [2.05, 4.69) is 24.1 Å². The number of hydrogen-bond acceptors (Lipinski definition) is 6. The Morgan fingerprint density at radius 3 is 2.47 bits per heavy atom. The number of ether oxygens (including phenoxy) is 1. The predicted molar refractivity (Wildman–Crippen MR) is 135 cm³/mol. The van der Waals surface area contributed by atoms with Gasteiger partial charge in [-0.25, -0.2) is 13.4 Å². The lowest BCUT2D eigenvalue weighted by atomic mass is 10.0. The van der Waals surface area contributed by atoms with Crippen LogP contribution in [0.15, 0.2) is 58.8 Å². The van der Waals surface area contributed by atoms with Crippen molar-refractivity contribution in [1.29, 1.82) is 0 Å². The number of thiazole rings is 1. The fourth-order valence-electron chi connectivity index (χ4n) is 4.03. The Balaban J connectivity index is 1.51. The number of anilines is 1. The summed E-state index contributed by atoms with van der Waals surface area (Å²) in [6, 6.07) is 13.7. The summed E-state index contributed by atoms with van der Waals surface area (Å²) in [6.45, 7) is 4.45. The minimum atomic E-state index is -3.79. The summed E-state index contributed by atoms with van der Waals surface area (Å²) in [5.41, 5.74) is 2.72. The molecule has 1 N–H and O–H groups in total. The van der Waals surface area contributed by atoms with E-state index in [1.807, 2.05) is 41.8 Å². The van der Waals surface area contributed by atoms with Crippen molar-refractivity contribution in [3.8, 4) is 17.0 Å². The third-order valence-electron chi connectivity index (χ3n) is 6.03. The minimum absolute atomic E-state index is 0.215. The van der Waals surface area contributed by atoms with E-state index in [1.54, 1.807) is 19.2 Å². The van der Waals surface area contributed by atoms with Crippen LogP contribution >= 0.6 is 11.3 Å². The fourth-order valence-corrected chi connectivity index (χ4v) is 6.41. The second-order valence-corrected chi connectivity index (χ2v) is 11.4. The highest BCUT2D eigenvalue weighted by molar-refractivity contribution is 7.89. The normalized spacial score (nSPS) is 17.0. The van der Waals surface area contributed by atoms with Crippen LogP contribution in [-0.4, -0.2) is 43.3 Å². The third-order valence-corrected chi connectivity index (χ3v) is 8.71. The maximum Gasteiger partial charge on any atom is 0.244 e. The molecule has 1 saturated heterocycles. The maximum atomic E-state index is 13.4. The third kappa shape index (κ3) is 5.16. The number of hydrogen-bond donors (Lipinski definition) is 1. The Hall–Kier alpha value is -2.75. The van der Waals surface area contributed by atoms with Gasteiger partial charge in [0.05, 0.1) is 17.7 Å². The van der Waals surface area contributed by atoms with Crippen molar-refractivity contribution in [3.63, 3.8) is 0 Å². The molecule has 0 aliphatic carbocycles. The fraction of sp³-hybridized carbons (Fsp3) is 0.360. The second kappa shape index (κ2) is 10.2. The van der Waals surface area contributed by atoms with Gasteiger partial charge in [0.1, 0.15) is 11.8 Å². The molecule has 0 saturated carbocycles. The second-order valence-electron chi connectivity index (χ2n) is 8.61. The van der Waals surface area contributed by atoms with Crippen LogP contribution in [0.2, 0.25) is 0 Å². The SMILES string of the molecule is COc1ccc(-c2csc(NC(=O)[C@H]3CCCCN3S(=O)(=O)c3ccc(C(C)C)cc3)n2)cc1. The Bertz CT molecular complexity index is 1240. The summed E-state index contributed by atoms with van der Waals surface area (Å²) in [6.07, 6.45) is 2.00. The van der Waals surface area contributed by atoms with Crippen molar-refractivity contribution >= 4 is 32.4 Å². The molecule has 1 aromatic heterocycles. The molecule has 0 bridgehead atoms. The van der Waals surface area contributed by atoms with Crippen LogP contribution in [0.3, 0.4) is 0 Å². The largest absolute Gasteiger partial charge is 0.497 e. The summed E-state index contributed by atoms with van der Waals surface area (Å²) in [7, 11) is -2.18. The van der Waals surface area contributed by atoms with Gasteiger partial charge in [-0.05, 0) is 60.7 Å². The maximum absolute atomic E-state index is 13.4. The molecule has 3 aromatic rings. The average molecular weight is 500 g/mol. The number of rotatable bonds is 7. The first kappa shape index (κ1) is 24.4. The summed E-state index contributed by atoms with van der Waals surface area (Å²) in [5.74, 6) is 0.717. The van der Waals surface area contributed by atoms with Crippen molar-refractivity contribution in [3.05, 3.63) is 59.5 Å². The number of piperidine rings is 1. The molecule has 1 fully saturated rings. The predicted octanol–water partition coefficient (Wildman–Crippen LogP) is 5.12. The van der Waals surface area contributed by atoms with Gasteiger partial charge in [-0.1, -0.05) is 32.4 Å². The summed E-state index contributed by atoms with van der Waals surface area (Å²) in [5, 5.41) is 5.15. The Morgan fingerprint density at radius 1 is 1.12 bits per heavy atom. The molecule has 1 amide bonds. The first-order valence-corrected chi connectivity index (χ1v) is 13.6. The lowest BCUT2D eigenvalue weighted by molar-refractivity contribution is -0.120. The van der Waals surface area contributed by atoms with E-state index in [1.165, 1.54) is 15.6 Å². The van der Waals surface area contributed by atoms with Gasteiger partial charge in [0.25, 0.3) is 0 Å². The zero-order valence-corrected chi connectivity index (χ0v) is 21.2. The van der Waals surface area contributed by atoms with Gasteiger partial charge in [0.15, 0.2) is 5.13 Å². The molecule has 0 unspecified atom stereocenters. The number of amides is 1. The molecule has 2 aromatic carbocycles. The van der Waals surface area contributed by atoms with Crippen molar-refractivity contribution in [2.45, 2.75) is 50.0 Å². The molecule has 1 aliphatic rings. The molecule has 4 rings (SSSR count). The lowest BCUT2D eigenvalue weighted by Gasteiger charge is -2.33. The topological polar surface area (TPSA) is 88.6 Å². The molecule has 2 heterocycles. The molecule has 1 aliphatic heterocycles. The smallest absolute Gasteiger partial charge is 0.244 e. The van der Waals surface area contributed by atoms with Crippen LogP contribution in [0.1, 0.15) is 44.6 Å². The number of nitrogens with zero attached hydrogens (tertiary/aromatic N) is 2. The number of benzene rings is 2. The monoisotopic (exact) mass is 499 g/mol. The summed E-state index contributed by atoms with van der Waals surface area (Å²) < 4.78 is 33.3. The van der Waals surface area contributed by atoms with Crippen molar-refractivity contribution in [2.75, 3.05) is 19.0 Å². The lowest BCUT2D eigenvalue weighted by Crippen LogP contribution is -2.49. The van der Waals surface area contributed by atoms with Gasteiger partial charge >= 0.3 is 0 Å². The molecule has 180 valence electrons. The van der Waals surface area contributed by atoms with E-state index in [0.717, 1.165) is 35.4 Å². The van der Waals surface area contributed by atoms with Crippen LogP contribution < -0.4 is 10.1 Å². The highest BCUT2D eigenvalue weighted by atomic mass is 32.2. The van der Waals surface area contributed by atoms with Crippen molar-refractivity contribution in [2.24, 2.45) is 0 Å². The standard InChI is InChI=1S/C25H29N3O4S2/c1-17(2)18-9-13-21(14-10-18)34(30,31)28-15-5-4-6-23(28)24(29)27-25-26-22(16-33-25)19-7-11-20(32-3)12-8-19/h7-14,16-17,23H,4-6,15H2,1-3H3,(H,26,27,29)/t23-/m1/s1. The van der Waals surface area contributed by atoms with E-state index in [0.29, 0.717) is 24.0 Å². The molecule has 7 nitrogen and oxygen atoms in total. The Kier molecular flexibility index (Phi) is 7.35. The first-order valence-electron chi connectivity index (χ1n) is 11.3. The highest BCUT2D eigenvalue weighted by Gasteiger charge is 2.38. The molecular weight excluding hydrogens is 470 g/mol. The first-order chi connectivity index (χ1) is 16.3. The van der Waals surface area contributed by atoms with Crippen LogP contribution in [-0.2, 0) is 14.8 Å². The number of nitrogens with one attached hydrogen (secondary N) is 1. The quantitative estimate of drug-likeness (QED) is 0.487. The van der Waals surface area contributed by atoms with Crippen LogP contribution in [0.4, 0.5) is 5.13 Å². The van der Waals surface area contributed by atoms with Gasteiger partial charge in [0, 0.05) is 17.5 Å².